The van der Waals surface area contributed by atoms with Gasteiger partial charge in [0.2, 0.25) is 0 Å². The number of nitro groups is 1. The summed E-state index contributed by atoms with van der Waals surface area (Å²) >= 11 is 3.45. The molecule has 7 nitrogen and oxygen atoms in total. The lowest BCUT2D eigenvalue weighted by Crippen LogP contribution is -1.89. The monoisotopic (exact) mass is 410 g/mol. The molecule has 128 valence electrons. The highest BCUT2D eigenvalue weighted by Gasteiger charge is 2.09. The molecule has 0 saturated carbocycles. The number of H-pyrrole nitrogens is 1. The van der Waals surface area contributed by atoms with E-state index in [0.29, 0.717) is 23.0 Å². The summed E-state index contributed by atoms with van der Waals surface area (Å²) in [6, 6.07) is 15.5. The van der Waals surface area contributed by atoms with E-state index in [-0.39, 0.29) is 5.69 Å². The van der Waals surface area contributed by atoms with Gasteiger partial charge in [-0.25, -0.2) is 9.97 Å². The van der Waals surface area contributed by atoms with E-state index < -0.39 is 4.92 Å². The number of non-ortho nitro benzene ring substituents is 1. The predicted molar refractivity (Wildman–Crippen MR) is 100 cm³/mol. The summed E-state index contributed by atoms with van der Waals surface area (Å²) < 4.78 is 6.68. The maximum atomic E-state index is 10.7. The van der Waals surface area contributed by atoms with Crippen LogP contribution in [0.1, 0.15) is 0 Å². The number of halogens is 1. The van der Waals surface area contributed by atoms with E-state index in [2.05, 4.69) is 30.9 Å². The average molecular weight is 411 g/mol. The molecule has 8 heteroatoms. The fourth-order valence-electron chi connectivity index (χ4n) is 2.48. The summed E-state index contributed by atoms with van der Waals surface area (Å²) in [5.41, 5.74) is 2.27. The topological polar surface area (TPSA) is 93.9 Å². The number of aromatic nitrogens is 3. The average Bonchev–Trinajstić information content (AvgIpc) is 3.05. The second kappa shape index (κ2) is 6.57. The second-order valence-electron chi connectivity index (χ2n) is 5.49. The number of imidazole rings is 1. The van der Waals surface area contributed by atoms with Crippen LogP contribution < -0.4 is 4.74 Å². The van der Waals surface area contributed by atoms with Crippen LogP contribution in [0, 0.1) is 10.1 Å². The molecule has 0 atom stereocenters. The summed E-state index contributed by atoms with van der Waals surface area (Å²) in [5.74, 6) is 1.71. The molecule has 1 N–H and O–H groups in total. The third kappa shape index (κ3) is 3.27. The summed E-state index contributed by atoms with van der Waals surface area (Å²) in [5, 5.41) is 10.7. The Morgan fingerprint density at radius 2 is 1.88 bits per heavy atom. The molecule has 4 aromatic rings. The van der Waals surface area contributed by atoms with Gasteiger partial charge in [0, 0.05) is 28.2 Å². The third-order valence-electron chi connectivity index (χ3n) is 3.69. The highest BCUT2D eigenvalue weighted by atomic mass is 79.9. The van der Waals surface area contributed by atoms with E-state index in [1.165, 1.54) is 12.1 Å². The van der Waals surface area contributed by atoms with Gasteiger partial charge >= 0.3 is 0 Å². The molecule has 0 saturated heterocycles. The van der Waals surface area contributed by atoms with Crippen molar-refractivity contribution >= 4 is 32.8 Å². The van der Waals surface area contributed by atoms with Gasteiger partial charge in [-0.15, -0.1) is 0 Å². The molecule has 0 radical (unpaired) electrons. The summed E-state index contributed by atoms with van der Waals surface area (Å²) in [6.07, 6.45) is 1.56. The largest absolute Gasteiger partial charge is 0.456 e. The molecule has 0 unspecified atom stereocenters. The van der Waals surface area contributed by atoms with Crippen molar-refractivity contribution in [3.05, 3.63) is 75.4 Å². The summed E-state index contributed by atoms with van der Waals surface area (Å²) in [7, 11) is 0. The molecule has 0 fully saturated rings. The normalized spacial score (nSPS) is 10.8. The first-order valence-electron chi connectivity index (χ1n) is 7.62. The molecular formula is C18H11BrN4O3. The molecule has 2 aromatic heterocycles. The number of nitro benzene ring substituents is 1. The third-order valence-corrected chi connectivity index (χ3v) is 4.19. The number of nitrogens with zero attached hydrogens (tertiary/aromatic N) is 3. The Morgan fingerprint density at radius 3 is 2.62 bits per heavy atom. The minimum absolute atomic E-state index is 0.0122. The molecule has 0 bridgehead atoms. The number of ether oxygens (including phenoxy) is 1. The van der Waals surface area contributed by atoms with Crippen LogP contribution in [0.2, 0.25) is 0 Å². The quantitative estimate of drug-likeness (QED) is 0.373. The molecule has 4 rings (SSSR count). The predicted octanol–water partition coefficient (Wildman–Crippen LogP) is 5.09. The van der Waals surface area contributed by atoms with Crippen LogP contribution in [0.3, 0.4) is 0 Å². The van der Waals surface area contributed by atoms with Crippen molar-refractivity contribution in [2.75, 3.05) is 0 Å². The molecule has 0 spiro atoms. The molecule has 0 aliphatic heterocycles. The summed E-state index contributed by atoms with van der Waals surface area (Å²) in [4.78, 5) is 22.3. The van der Waals surface area contributed by atoms with Gasteiger partial charge in [-0.2, -0.15) is 0 Å². The van der Waals surface area contributed by atoms with Crippen molar-refractivity contribution < 1.29 is 9.66 Å². The number of hydrogen-bond donors (Lipinski definition) is 1. The Hall–Kier alpha value is -3.26. The van der Waals surface area contributed by atoms with Gasteiger partial charge in [-0.05, 0) is 24.3 Å². The lowest BCUT2D eigenvalue weighted by atomic mass is 10.2. The zero-order valence-electron chi connectivity index (χ0n) is 13.2. The van der Waals surface area contributed by atoms with Gasteiger partial charge < -0.3 is 9.72 Å². The number of benzene rings is 2. The van der Waals surface area contributed by atoms with Crippen molar-refractivity contribution in [1.29, 1.82) is 0 Å². The number of aromatic amines is 1. The molecule has 0 aliphatic carbocycles. The smallest absolute Gasteiger partial charge is 0.269 e. The number of rotatable bonds is 4. The molecule has 0 aliphatic rings. The van der Waals surface area contributed by atoms with Gasteiger partial charge in [0.15, 0.2) is 5.65 Å². The van der Waals surface area contributed by atoms with Gasteiger partial charge in [-0.1, -0.05) is 28.1 Å². The standard InChI is InChI=1S/C18H11BrN4O3/c19-12-3-1-2-11(8-12)17-21-16-9-15(10-20-18(16)22-17)26-14-6-4-13(5-7-14)23(24)25/h1-10H,(H,20,21,22). The first kappa shape index (κ1) is 16.2. The highest BCUT2D eigenvalue weighted by Crippen LogP contribution is 2.27. The van der Waals surface area contributed by atoms with Crippen LogP contribution in [-0.2, 0) is 0 Å². The SMILES string of the molecule is O=[N+]([O-])c1ccc(Oc2cnc3nc(-c4cccc(Br)c4)[nH]c3c2)cc1. The van der Waals surface area contributed by atoms with E-state index in [1.54, 1.807) is 24.4 Å². The number of nitrogens with one attached hydrogen (secondary N) is 1. The van der Waals surface area contributed by atoms with Crippen molar-refractivity contribution in [3.63, 3.8) is 0 Å². The van der Waals surface area contributed by atoms with Gasteiger partial charge in [0.25, 0.3) is 5.69 Å². The van der Waals surface area contributed by atoms with E-state index in [1.807, 2.05) is 24.3 Å². The van der Waals surface area contributed by atoms with Crippen LogP contribution >= 0.6 is 15.9 Å². The fraction of sp³-hybridized carbons (Fsp3) is 0. The molecular weight excluding hydrogens is 400 g/mol. The van der Waals surface area contributed by atoms with Crippen molar-refractivity contribution in [2.45, 2.75) is 0 Å². The van der Waals surface area contributed by atoms with E-state index in [9.17, 15) is 10.1 Å². The Labute approximate surface area is 156 Å². The van der Waals surface area contributed by atoms with Gasteiger partial charge in [0.1, 0.15) is 17.3 Å². The van der Waals surface area contributed by atoms with Crippen LogP contribution in [0.5, 0.6) is 11.5 Å². The molecule has 2 aromatic carbocycles. The van der Waals surface area contributed by atoms with Crippen LogP contribution in [0.4, 0.5) is 5.69 Å². The van der Waals surface area contributed by atoms with Crippen LogP contribution in [0.25, 0.3) is 22.6 Å². The summed E-state index contributed by atoms with van der Waals surface area (Å²) in [6.45, 7) is 0. The Kier molecular flexibility index (Phi) is 4.10. The number of fused-ring (bicyclic) bond motifs is 1. The van der Waals surface area contributed by atoms with Crippen LogP contribution in [0.15, 0.2) is 65.3 Å². The zero-order valence-corrected chi connectivity index (χ0v) is 14.8. The Bertz CT molecular complexity index is 1110. The number of hydrogen-bond acceptors (Lipinski definition) is 5. The van der Waals surface area contributed by atoms with Crippen molar-refractivity contribution in [1.82, 2.24) is 15.0 Å². The number of pyridine rings is 1. The zero-order chi connectivity index (χ0) is 18.1. The Morgan fingerprint density at radius 1 is 1.08 bits per heavy atom. The maximum Gasteiger partial charge on any atom is 0.269 e. The second-order valence-corrected chi connectivity index (χ2v) is 6.41. The van der Waals surface area contributed by atoms with E-state index in [4.69, 9.17) is 4.74 Å². The molecule has 0 amide bonds. The molecule has 2 heterocycles. The minimum atomic E-state index is -0.453. The van der Waals surface area contributed by atoms with Crippen LogP contribution in [-0.4, -0.2) is 19.9 Å². The Balaban J connectivity index is 1.62. The fourth-order valence-corrected chi connectivity index (χ4v) is 2.88. The van der Waals surface area contributed by atoms with Crippen molar-refractivity contribution in [3.8, 4) is 22.9 Å². The minimum Gasteiger partial charge on any atom is -0.456 e. The molecule has 26 heavy (non-hydrogen) atoms. The highest BCUT2D eigenvalue weighted by molar-refractivity contribution is 9.10. The lowest BCUT2D eigenvalue weighted by molar-refractivity contribution is -0.384. The van der Waals surface area contributed by atoms with E-state index >= 15 is 0 Å². The first-order chi connectivity index (χ1) is 12.6. The van der Waals surface area contributed by atoms with E-state index in [0.717, 1.165) is 15.6 Å². The van der Waals surface area contributed by atoms with Crippen molar-refractivity contribution in [2.24, 2.45) is 0 Å². The first-order valence-corrected chi connectivity index (χ1v) is 8.42. The maximum absolute atomic E-state index is 10.7. The van der Waals surface area contributed by atoms with Gasteiger partial charge in [0.05, 0.1) is 16.6 Å². The van der Waals surface area contributed by atoms with Gasteiger partial charge in [-0.3, -0.25) is 10.1 Å². The lowest BCUT2D eigenvalue weighted by Gasteiger charge is -2.04.